The van der Waals surface area contributed by atoms with Gasteiger partial charge in [0.15, 0.2) is 0 Å². The molecule has 1 amide bonds. The van der Waals surface area contributed by atoms with Crippen molar-refractivity contribution in [3.05, 3.63) is 23.8 Å². The van der Waals surface area contributed by atoms with Crippen LogP contribution >= 0.6 is 0 Å². The molecule has 0 bridgehead atoms. The van der Waals surface area contributed by atoms with Crippen LogP contribution in [0.3, 0.4) is 0 Å². The number of halogens is 2. The number of carbonyl (C=O) groups is 1. The quantitative estimate of drug-likeness (QED) is 0.850. The van der Waals surface area contributed by atoms with Crippen LogP contribution in [0, 0.1) is 6.92 Å². The van der Waals surface area contributed by atoms with Gasteiger partial charge in [-0.25, -0.2) is 0 Å². The second-order valence-corrected chi connectivity index (χ2v) is 3.64. The van der Waals surface area contributed by atoms with Gasteiger partial charge in [-0.15, -0.1) is 0 Å². The normalized spacial score (nSPS) is 12.4. The minimum atomic E-state index is -2.90. The molecule has 1 rings (SSSR count). The second-order valence-electron chi connectivity index (χ2n) is 3.64. The first-order valence-corrected chi connectivity index (χ1v) is 5.02. The summed E-state index contributed by atoms with van der Waals surface area (Å²) in [6.07, 6.45) is 0. The predicted octanol–water partition coefficient (Wildman–Crippen LogP) is 1.88. The van der Waals surface area contributed by atoms with Crippen molar-refractivity contribution >= 4 is 11.6 Å². The number of ether oxygens (including phenoxy) is 1. The summed E-state index contributed by atoms with van der Waals surface area (Å²) in [6.45, 7) is 0.266. The van der Waals surface area contributed by atoms with Crippen LogP contribution < -0.4 is 15.8 Å². The van der Waals surface area contributed by atoms with Gasteiger partial charge in [-0.2, -0.15) is 8.78 Å². The van der Waals surface area contributed by atoms with Crippen molar-refractivity contribution in [2.75, 3.05) is 5.32 Å². The lowest BCUT2D eigenvalue weighted by Gasteiger charge is -2.12. The van der Waals surface area contributed by atoms with Crippen molar-refractivity contribution in [1.82, 2.24) is 0 Å². The zero-order valence-corrected chi connectivity index (χ0v) is 9.54. The molecule has 1 aromatic rings. The van der Waals surface area contributed by atoms with E-state index in [9.17, 15) is 13.6 Å². The molecule has 0 saturated carbocycles. The molecule has 0 radical (unpaired) electrons. The van der Waals surface area contributed by atoms with E-state index in [0.717, 1.165) is 0 Å². The molecule has 0 fully saturated rings. The van der Waals surface area contributed by atoms with E-state index in [1.54, 1.807) is 19.1 Å². The Hall–Kier alpha value is -1.69. The fourth-order valence-electron chi connectivity index (χ4n) is 1.16. The van der Waals surface area contributed by atoms with E-state index < -0.39 is 18.6 Å². The van der Waals surface area contributed by atoms with E-state index in [0.29, 0.717) is 11.3 Å². The Bertz CT molecular complexity index is 408. The SMILES string of the molecule is Cc1ccc(NC(=O)[C@@H](C)N)cc1OC(F)F. The van der Waals surface area contributed by atoms with Crippen molar-refractivity contribution in [2.45, 2.75) is 26.5 Å². The summed E-state index contributed by atoms with van der Waals surface area (Å²) in [5, 5.41) is 2.49. The topological polar surface area (TPSA) is 64.4 Å². The number of nitrogens with one attached hydrogen (secondary N) is 1. The average molecular weight is 244 g/mol. The summed E-state index contributed by atoms with van der Waals surface area (Å²) in [7, 11) is 0. The Balaban J connectivity index is 2.85. The zero-order chi connectivity index (χ0) is 13.0. The third-order valence-corrected chi connectivity index (χ3v) is 2.09. The van der Waals surface area contributed by atoms with E-state index in [4.69, 9.17) is 5.73 Å². The second kappa shape index (κ2) is 5.58. The number of carbonyl (C=O) groups excluding carboxylic acids is 1. The van der Waals surface area contributed by atoms with E-state index >= 15 is 0 Å². The Morgan fingerprint density at radius 2 is 2.12 bits per heavy atom. The highest BCUT2D eigenvalue weighted by Gasteiger charge is 2.11. The van der Waals surface area contributed by atoms with Crippen LogP contribution in [0.4, 0.5) is 14.5 Å². The molecular formula is C11H14F2N2O2. The molecule has 0 aliphatic carbocycles. The van der Waals surface area contributed by atoms with E-state index in [2.05, 4.69) is 10.1 Å². The molecule has 0 saturated heterocycles. The Labute approximate surface area is 97.8 Å². The number of nitrogens with two attached hydrogens (primary N) is 1. The van der Waals surface area contributed by atoms with Crippen molar-refractivity contribution in [1.29, 1.82) is 0 Å². The highest BCUT2D eigenvalue weighted by Crippen LogP contribution is 2.24. The lowest BCUT2D eigenvalue weighted by atomic mass is 10.2. The molecule has 0 aromatic heterocycles. The maximum absolute atomic E-state index is 12.1. The Morgan fingerprint density at radius 1 is 1.47 bits per heavy atom. The zero-order valence-electron chi connectivity index (χ0n) is 9.54. The Morgan fingerprint density at radius 3 is 2.65 bits per heavy atom. The fraction of sp³-hybridized carbons (Fsp3) is 0.364. The third kappa shape index (κ3) is 3.99. The monoisotopic (exact) mass is 244 g/mol. The average Bonchev–Trinajstić information content (AvgIpc) is 2.22. The first-order valence-electron chi connectivity index (χ1n) is 5.02. The van der Waals surface area contributed by atoms with Crippen LogP contribution in [0.15, 0.2) is 18.2 Å². The van der Waals surface area contributed by atoms with Gasteiger partial charge in [0.1, 0.15) is 5.75 Å². The van der Waals surface area contributed by atoms with E-state index in [-0.39, 0.29) is 5.75 Å². The molecule has 0 unspecified atom stereocenters. The van der Waals surface area contributed by atoms with Crippen LogP contribution in [0.5, 0.6) is 5.75 Å². The minimum Gasteiger partial charge on any atom is -0.434 e. The standard InChI is InChI=1S/C11H14F2N2O2/c1-6-3-4-8(15-10(16)7(2)14)5-9(6)17-11(12)13/h3-5,7,11H,14H2,1-2H3,(H,15,16)/t7-/m1/s1. The molecule has 1 aromatic carbocycles. The molecule has 6 heteroatoms. The molecule has 0 aliphatic rings. The summed E-state index contributed by atoms with van der Waals surface area (Å²) >= 11 is 0. The summed E-state index contributed by atoms with van der Waals surface area (Å²) in [4.78, 5) is 11.3. The van der Waals surface area contributed by atoms with Gasteiger partial charge >= 0.3 is 6.61 Å². The van der Waals surface area contributed by atoms with E-state index in [1.165, 1.54) is 13.0 Å². The van der Waals surface area contributed by atoms with Gasteiger partial charge in [-0.1, -0.05) is 6.07 Å². The highest BCUT2D eigenvalue weighted by atomic mass is 19.3. The molecule has 17 heavy (non-hydrogen) atoms. The molecular weight excluding hydrogens is 230 g/mol. The van der Waals surface area contributed by atoms with Gasteiger partial charge in [0, 0.05) is 11.8 Å². The predicted molar refractivity (Wildman–Crippen MR) is 60.1 cm³/mol. The summed E-state index contributed by atoms with van der Waals surface area (Å²) < 4.78 is 28.5. The van der Waals surface area contributed by atoms with Gasteiger partial charge in [-0.05, 0) is 25.5 Å². The first-order chi connectivity index (χ1) is 7.90. The number of hydrogen-bond acceptors (Lipinski definition) is 3. The number of alkyl halides is 2. The smallest absolute Gasteiger partial charge is 0.387 e. The van der Waals surface area contributed by atoms with Crippen LogP contribution in [0.2, 0.25) is 0 Å². The van der Waals surface area contributed by atoms with Gasteiger partial charge in [0.05, 0.1) is 6.04 Å². The Kier molecular flexibility index (Phi) is 4.39. The first kappa shape index (κ1) is 13.4. The molecule has 0 spiro atoms. The molecule has 0 aliphatic heterocycles. The van der Waals surface area contributed by atoms with Crippen LogP contribution in [-0.4, -0.2) is 18.6 Å². The summed E-state index contributed by atoms with van der Waals surface area (Å²) in [5.41, 5.74) is 6.30. The van der Waals surface area contributed by atoms with Crippen molar-refractivity contribution in [3.8, 4) is 5.75 Å². The molecule has 4 nitrogen and oxygen atoms in total. The number of amides is 1. The van der Waals surface area contributed by atoms with Crippen molar-refractivity contribution < 1.29 is 18.3 Å². The number of hydrogen-bond donors (Lipinski definition) is 2. The third-order valence-electron chi connectivity index (χ3n) is 2.09. The largest absolute Gasteiger partial charge is 0.434 e. The lowest BCUT2D eigenvalue weighted by molar-refractivity contribution is -0.117. The molecule has 3 N–H and O–H groups in total. The van der Waals surface area contributed by atoms with Crippen LogP contribution in [-0.2, 0) is 4.79 Å². The summed E-state index contributed by atoms with van der Waals surface area (Å²) in [6, 6.07) is 3.83. The number of benzene rings is 1. The van der Waals surface area contributed by atoms with Gasteiger partial charge < -0.3 is 15.8 Å². The number of anilines is 1. The lowest BCUT2D eigenvalue weighted by Crippen LogP contribution is -2.32. The van der Waals surface area contributed by atoms with Crippen LogP contribution in [0.1, 0.15) is 12.5 Å². The fourth-order valence-corrected chi connectivity index (χ4v) is 1.16. The number of aryl methyl sites for hydroxylation is 1. The highest BCUT2D eigenvalue weighted by molar-refractivity contribution is 5.94. The molecule has 1 atom stereocenters. The van der Waals surface area contributed by atoms with Gasteiger partial charge in [-0.3, -0.25) is 4.79 Å². The van der Waals surface area contributed by atoms with Crippen LogP contribution in [0.25, 0.3) is 0 Å². The molecule has 94 valence electrons. The number of rotatable bonds is 4. The molecule has 0 heterocycles. The van der Waals surface area contributed by atoms with Crippen molar-refractivity contribution in [3.63, 3.8) is 0 Å². The minimum absolute atomic E-state index is 0.0301. The summed E-state index contributed by atoms with van der Waals surface area (Å²) in [5.74, 6) is -0.362. The maximum Gasteiger partial charge on any atom is 0.387 e. The van der Waals surface area contributed by atoms with Gasteiger partial charge in [0.2, 0.25) is 5.91 Å². The van der Waals surface area contributed by atoms with Crippen molar-refractivity contribution in [2.24, 2.45) is 5.73 Å². The maximum atomic E-state index is 12.1. The van der Waals surface area contributed by atoms with Gasteiger partial charge in [0.25, 0.3) is 0 Å². The van der Waals surface area contributed by atoms with E-state index in [1.807, 2.05) is 0 Å².